The van der Waals surface area contributed by atoms with Crippen LogP contribution in [0.3, 0.4) is 0 Å². The molecule has 4 heteroatoms. The van der Waals surface area contributed by atoms with Crippen LogP contribution in [0.5, 0.6) is 0 Å². The van der Waals surface area contributed by atoms with Crippen LogP contribution in [0.25, 0.3) is 0 Å². The zero-order chi connectivity index (χ0) is 15.2. The summed E-state index contributed by atoms with van der Waals surface area (Å²) in [6.07, 6.45) is 8.94. The molecule has 0 aromatic carbocycles. The van der Waals surface area contributed by atoms with E-state index in [-0.39, 0.29) is 5.97 Å². The van der Waals surface area contributed by atoms with Crippen molar-refractivity contribution in [2.45, 2.75) is 72.1 Å². The summed E-state index contributed by atoms with van der Waals surface area (Å²) >= 11 is 4.29. The molecule has 0 heterocycles. The highest BCUT2D eigenvalue weighted by molar-refractivity contribution is 14.1. The Morgan fingerprint density at radius 1 is 1.05 bits per heavy atom. The summed E-state index contributed by atoms with van der Waals surface area (Å²) in [5.74, 6) is 1.07. The van der Waals surface area contributed by atoms with Crippen LogP contribution in [0.4, 0.5) is 0 Å². The van der Waals surface area contributed by atoms with Crippen LogP contribution in [0.1, 0.15) is 72.1 Å². The molecule has 0 bridgehead atoms. The Kier molecular flexibility index (Phi) is 14.4. The Balaban J connectivity index is 4.41. The highest BCUT2D eigenvalue weighted by Crippen LogP contribution is 2.32. The van der Waals surface area contributed by atoms with E-state index in [2.05, 4.69) is 36.4 Å². The number of unbranched alkanes of at least 4 members (excludes halogenated alkanes) is 4. The first-order valence-corrected chi connectivity index (χ1v) is 9.88. The van der Waals surface area contributed by atoms with Gasteiger partial charge in [0.05, 0.1) is 13.0 Å². The molecule has 0 atom stereocenters. The van der Waals surface area contributed by atoms with Crippen LogP contribution in [-0.4, -0.2) is 18.3 Å². The first-order chi connectivity index (χ1) is 9.65. The molecule has 2 nitrogen and oxygen atoms in total. The van der Waals surface area contributed by atoms with Crippen molar-refractivity contribution in [3.63, 3.8) is 0 Å². The van der Waals surface area contributed by atoms with E-state index >= 15 is 0 Å². The molecule has 0 fully saturated rings. The SMILES string of the molecule is CCCCCC/C(CC(=O)OCC)=C(\I)SCCCC. The van der Waals surface area contributed by atoms with E-state index < -0.39 is 0 Å². The van der Waals surface area contributed by atoms with E-state index in [0.29, 0.717) is 13.0 Å². The van der Waals surface area contributed by atoms with Gasteiger partial charge in [-0.2, -0.15) is 0 Å². The lowest BCUT2D eigenvalue weighted by Gasteiger charge is -2.11. The normalized spacial score (nSPS) is 12.2. The largest absolute Gasteiger partial charge is 0.466 e. The Hall–Kier alpha value is 0.290. The maximum absolute atomic E-state index is 11.7. The zero-order valence-electron chi connectivity index (χ0n) is 13.2. The fourth-order valence-electron chi connectivity index (χ4n) is 1.82. The first kappa shape index (κ1) is 20.3. The molecule has 0 amide bonds. The molecule has 0 rings (SSSR count). The molecule has 0 saturated carbocycles. The third-order valence-corrected chi connectivity index (χ3v) is 5.73. The second kappa shape index (κ2) is 14.2. The fraction of sp³-hybridized carbons (Fsp3) is 0.812. The minimum atomic E-state index is -0.0803. The predicted octanol–water partition coefficient (Wildman–Crippen LogP) is 6.09. The topological polar surface area (TPSA) is 26.3 Å². The number of carbonyl (C=O) groups is 1. The number of halogens is 1. The van der Waals surface area contributed by atoms with Gasteiger partial charge in [0.15, 0.2) is 0 Å². The molecule has 0 spiro atoms. The Morgan fingerprint density at radius 3 is 2.35 bits per heavy atom. The van der Waals surface area contributed by atoms with Crippen LogP contribution in [0.2, 0.25) is 0 Å². The van der Waals surface area contributed by atoms with Gasteiger partial charge in [-0.3, -0.25) is 4.79 Å². The molecule has 0 aromatic heterocycles. The molecular formula is C16H29IO2S. The van der Waals surface area contributed by atoms with Gasteiger partial charge in [0.1, 0.15) is 0 Å². The average Bonchev–Trinajstić information content (AvgIpc) is 2.42. The van der Waals surface area contributed by atoms with Crippen LogP contribution >= 0.6 is 34.4 Å². The number of carbonyl (C=O) groups excluding carboxylic acids is 1. The van der Waals surface area contributed by atoms with Crippen molar-refractivity contribution in [3.05, 3.63) is 8.48 Å². The molecule has 0 saturated heterocycles. The molecule has 118 valence electrons. The van der Waals surface area contributed by atoms with Gasteiger partial charge in [0.2, 0.25) is 0 Å². The van der Waals surface area contributed by atoms with Crippen molar-refractivity contribution in [1.82, 2.24) is 0 Å². The number of ether oxygens (including phenoxy) is 1. The molecule has 20 heavy (non-hydrogen) atoms. The summed E-state index contributed by atoms with van der Waals surface area (Å²) in [7, 11) is 0. The molecular weight excluding hydrogens is 383 g/mol. The van der Waals surface area contributed by atoms with Crippen molar-refractivity contribution in [2.75, 3.05) is 12.4 Å². The van der Waals surface area contributed by atoms with Gasteiger partial charge in [0.25, 0.3) is 0 Å². The quantitative estimate of drug-likeness (QED) is 0.220. The van der Waals surface area contributed by atoms with E-state index in [0.717, 1.165) is 12.2 Å². The maximum Gasteiger partial charge on any atom is 0.309 e. The second-order valence-corrected chi connectivity index (χ2v) is 7.79. The van der Waals surface area contributed by atoms with Gasteiger partial charge >= 0.3 is 5.97 Å². The first-order valence-electron chi connectivity index (χ1n) is 7.81. The van der Waals surface area contributed by atoms with E-state index in [1.165, 1.54) is 47.0 Å². The molecule has 0 aliphatic carbocycles. The van der Waals surface area contributed by atoms with Gasteiger partial charge in [-0.05, 0) is 60.1 Å². The van der Waals surface area contributed by atoms with Crippen LogP contribution < -0.4 is 0 Å². The molecule has 0 radical (unpaired) electrons. The van der Waals surface area contributed by atoms with Gasteiger partial charge in [-0.1, -0.05) is 39.5 Å². The van der Waals surface area contributed by atoms with Crippen LogP contribution in [0, 0.1) is 0 Å². The molecule has 0 N–H and O–H groups in total. The lowest BCUT2D eigenvalue weighted by molar-refractivity contribution is -0.142. The third kappa shape index (κ3) is 11.0. The number of thioether (sulfide) groups is 1. The lowest BCUT2D eigenvalue weighted by Crippen LogP contribution is -2.06. The summed E-state index contributed by atoms with van der Waals surface area (Å²) in [6, 6.07) is 0. The standard InChI is InChI=1S/C16H29IO2S/c1-4-7-9-10-11-14(13-15(18)19-6-3)16(17)20-12-8-5-2/h4-13H2,1-3H3/b16-14-. The number of esters is 1. The van der Waals surface area contributed by atoms with Crippen LogP contribution in [-0.2, 0) is 9.53 Å². The zero-order valence-corrected chi connectivity index (χ0v) is 16.1. The lowest BCUT2D eigenvalue weighted by atomic mass is 10.1. The van der Waals surface area contributed by atoms with Crippen molar-refractivity contribution in [3.8, 4) is 0 Å². The summed E-state index contributed by atoms with van der Waals surface area (Å²) in [5.41, 5.74) is 1.28. The van der Waals surface area contributed by atoms with E-state index in [9.17, 15) is 4.79 Å². The molecule has 0 aliphatic heterocycles. The Morgan fingerprint density at radius 2 is 1.75 bits per heavy atom. The van der Waals surface area contributed by atoms with Gasteiger partial charge < -0.3 is 4.74 Å². The monoisotopic (exact) mass is 412 g/mol. The molecule has 0 unspecified atom stereocenters. The minimum Gasteiger partial charge on any atom is -0.466 e. The van der Waals surface area contributed by atoms with E-state index in [1.807, 2.05) is 18.7 Å². The van der Waals surface area contributed by atoms with Crippen molar-refractivity contribution < 1.29 is 9.53 Å². The number of hydrogen-bond acceptors (Lipinski definition) is 3. The van der Waals surface area contributed by atoms with Gasteiger partial charge in [0, 0.05) is 2.91 Å². The highest BCUT2D eigenvalue weighted by Gasteiger charge is 2.11. The third-order valence-electron chi connectivity index (χ3n) is 3.00. The Bertz CT molecular complexity index is 290. The minimum absolute atomic E-state index is 0.0803. The second-order valence-electron chi connectivity index (χ2n) is 4.87. The highest BCUT2D eigenvalue weighted by atomic mass is 127. The average molecular weight is 412 g/mol. The fourth-order valence-corrected chi connectivity index (χ4v) is 3.93. The molecule has 0 aliphatic rings. The van der Waals surface area contributed by atoms with Crippen molar-refractivity contribution in [2.24, 2.45) is 0 Å². The van der Waals surface area contributed by atoms with Crippen molar-refractivity contribution >= 4 is 40.3 Å². The summed E-state index contributed by atoms with van der Waals surface area (Å²) in [5, 5.41) is 0. The van der Waals surface area contributed by atoms with E-state index in [4.69, 9.17) is 4.74 Å². The summed E-state index contributed by atoms with van der Waals surface area (Å²) in [4.78, 5) is 11.7. The smallest absolute Gasteiger partial charge is 0.309 e. The summed E-state index contributed by atoms with van der Waals surface area (Å²) < 4.78 is 6.40. The van der Waals surface area contributed by atoms with Crippen LogP contribution in [0.15, 0.2) is 8.48 Å². The summed E-state index contributed by atoms with van der Waals surface area (Å²) in [6.45, 7) is 6.77. The number of rotatable bonds is 12. The Labute approximate surface area is 142 Å². The maximum atomic E-state index is 11.7. The molecule has 0 aromatic rings. The van der Waals surface area contributed by atoms with E-state index in [1.54, 1.807) is 0 Å². The number of hydrogen-bond donors (Lipinski definition) is 0. The predicted molar refractivity (Wildman–Crippen MR) is 98.4 cm³/mol. The van der Waals surface area contributed by atoms with Gasteiger partial charge in [-0.15, -0.1) is 11.8 Å². The van der Waals surface area contributed by atoms with Crippen molar-refractivity contribution in [1.29, 1.82) is 0 Å². The van der Waals surface area contributed by atoms with Gasteiger partial charge in [-0.25, -0.2) is 0 Å².